The Bertz CT molecular complexity index is 845. The van der Waals surface area contributed by atoms with Gasteiger partial charge in [0.2, 0.25) is 11.7 Å². The number of fused-ring (bicyclic) bond motifs is 2. The van der Waals surface area contributed by atoms with Crippen LogP contribution in [0.4, 0.5) is 5.95 Å². The van der Waals surface area contributed by atoms with E-state index in [9.17, 15) is 0 Å². The molecule has 2 aliphatic carbocycles. The number of benzene rings is 1. The summed E-state index contributed by atoms with van der Waals surface area (Å²) in [7, 11) is 4.77. The van der Waals surface area contributed by atoms with E-state index in [0.29, 0.717) is 28.9 Å². The Labute approximate surface area is 165 Å². The van der Waals surface area contributed by atoms with Gasteiger partial charge in [0.05, 0.1) is 33.2 Å². The van der Waals surface area contributed by atoms with Crippen molar-refractivity contribution in [1.82, 2.24) is 15.2 Å². The van der Waals surface area contributed by atoms with Crippen molar-refractivity contribution in [2.45, 2.75) is 19.3 Å². The van der Waals surface area contributed by atoms with Gasteiger partial charge in [-0.3, -0.25) is 0 Å². The molecule has 2 bridgehead atoms. The van der Waals surface area contributed by atoms with Gasteiger partial charge >= 0.3 is 0 Å². The number of anilines is 1. The van der Waals surface area contributed by atoms with Crippen LogP contribution in [0.1, 0.15) is 19.3 Å². The molecule has 0 aliphatic heterocycles. The van der Waals surface area contributed by atoms with Crippen LogP contribution in [0, 0.1) is 17.8 Å². The Morgan fingerprint density at radius 2 is 1.82 bits per heavy atom. The average Bonchev–Trinajstić information content (AvgIpc) is 3.36. The second-order valence-corrected chi connectivity index (χ2v) is 7.34. The van der Waals surface area contributed by atoms with Crippen LogP contribution >= 0.6 is 0 Å². The van der Waals surface area contributed by atoms with Crippen LogP contribution in [-0.2, 0) is 0 Å². The lowest BCUT2D eigenvalue weighted by atomic mass is 9.91. The Morgan fingerprint density at radius 1 is 1.04 bits per heavy atom. The van der Waals surface area contributed by atoms with E-state index in [1.165, 1.54) is 12.8 Å². The Balaban J connectivity index is 1.46. The molecular weight excluding hydrogens is 356 g/mol. The van der Waals surface area contributed by atoms with Gasteiger partial charge in [0.1, 0.15) is 0 Å². The molecule has 2 aliphatic rings. The van der Waals surface area contributed by atoms with Gasteiger partial charge in [0.25, 0.3) is 0 Å². The monoisotopic (exact) mass is 382 g/mol. The minimum absolute atomic E-state index is 0.532. The van der Waals surface area contributed by atoms with Crippen LogP contribution in [0.2, 0.25) is 0 Å². The number of ether oxygens (including phenoxy) is 3. The normalized spacial score (nSPS) is 22.3. The van der Waals surface area contributed by atoms with E-state index >= 15 is 0 Å². The average molecular weight is 382 g/mol. The summed E-state index contributed by atoms with van der Waals surface area (Å²) in [4.78, 5) is 4.61. The first kappa shape index (κ1) is 18.5. The highest BCUT2D eigenvalue weighted by Crippen LogP contribution is 2.45. The molecular formula is C21H26N4O3. The summed E-state index contributed by atoms with van der Waals surface area (Å²) >= 11 is 0. The van der Waals surface area contributed by atoms with Crippen LogP contribution in [-0.4, -0.2) is 43.1 Å². The topological polar surface area (TPSA) is 78.4 Å². The van der Waals surface area contributed by atoms with Crippen molar-refractivity contribution in [1.29, 1.82) is 0 Å². The lowest BCUT2D eigenvalue weighted by molar-refractivity contribution is 0.324. The Kier molecular flexibility index (Phi) is 5.32. The number of rotatable bonds is 8. The minimum Gasteiger partial charge on any atom is -0.493 e. The SMILES string of the molecule is COc1cc(-c2cnnc(NCC[C@@H]3C[C@@H]4C=C[C@H]3C4)n2)cc(OC)c1OC. The van der Waals surface area contributed by atoms with E-state index in [2.05, 4.69) is 32.7 Å². The molecule has 7 nitrogen and oxygen atoms in total. The van der Waals surface area contributed by atoms with Crippen LogP contribution in [0.15, 0.2) is 30.5 Å². The zero-order chi connectivity index (χ0) is 19.5. The molecule has 28 heavy (non-hydrogen) atoms. The number of allylic oxidation sites excluding steroid dienone is 2. The van der Waals surface area contributed by atoms with Crippen molar-refractivity contribution in [3.63, 3.8) is 0 Å². The minimum atomic E-state index is 0.532. The second-order valence-electron chi connectivity index (χ2n) is 7.34. The van der Waals surface area contributed by atoms with Crippen LogP contribution in [0.5, 0.6) is 17.2 Å². The second kappa shape index (κ2) is 8.04. The van der Waals surface area contributed by atoms with E-state index in [-0.39, 0.29) is 0 Å². The molecule has 3 atom stereocenters. The van der Waals surface area contributed by atoms with Crippen molar-refractivity contribution in [2.24, 2.45) is 17.8 Å². The highest BCUT2D eigenvalue weighted by atomic mass is 16.5. The lowest BCUT2D eigenvalue weighted by Crippen LogP contribution is -2.14. The first-order valence-electron chi connectivity index (χ1n) is 9.64. The molecule has 1 heterocycles. The number of aromatic nitrogens is 3. The third-order valence-electron chi connectivity index (χ3n) is 5.73. The standard InChI is InChI=1S/C21H26N4O3/c1-26-18-10-16(11-19(27-2)20(18)28-3)17-12-23-25-21(24-17)22-7-6-15-9-13-4-5-14(15)8-13/h4-5,10-15H,6-9H2,1-3H3,(H,22,24,25)/t13-,14+,15-/m1/s1. The molecule has 0 radical (unpaired) electrons. The molecule has 1 aromatic carbocycles. The number of hydrogen-bond donors (Lipinski definition) is 1. The van der Waals surface area contributed by atoms with E-state index in [1.807, 2.05) is 12.1 Å². The maximum Gasteiger partial charge on any atom is 0.243 e. The summed E-state index contributed by atoms with van der Waals surface area (Å²) in [5.74, 6) is 4.57. The van der Waals surface area contributed by atoms with Gasteiger partial charge in [0.15, 0.2) is 11.5 Å². The van der Waals surface area contributed by atoms with Crippen molar-refractivity contribution in [3.05, 3.63) is 30.5 Å². The zero-order valence-corrected chi connectivity index (χ0v) is 16.5. The third kappa shape index (κ3) is 3.61. The summed E-state index contributed by atoms with van der Waals surface area (Å²) in [5, 5.41) is 11.6. The van der Waals surface area contributed by atoms with Crippen molar-refractivity contribution < 1.29 is 14.2 Å². The molecule has 1 saturated carbocycles. The van der Waals surface area contributed by atoms with Crippen molar-refractivity contribution >= 4 is 5.95 Å². The van der Waals surface area contributed by atoms with E-state index in [4.69, 9.17) is 14.2 Å². The van der Waals surface area contributed by atoms with Gasteiger partial charge < -0.3 is 19.5 Å². The van der Waals surface area contributed by atoms with Gasteiger partial charge in [-0.05, 0) is 49.1 Å². The summed E-state index contributed by atoms with van der Waals surface area (Å²) < 4.78 is 16.2. The van der Waals surface area contributed by atoms with E-state index < -0.39 is 0 Å². The molecule has 0 amide bonds. The first-order valence-corrected chi connectivity index (χ1v) is 9.64. The maximum absolute atomic E-state index is 5.43. The molecule has 0 unspecified atom stereocenters. The summed E-state index contributed by atoms with van der Waals surface area (Å²) in [6, 6.07) is 3.72. The van der Waals surface area contributed by atoms with Crippen LogP contribution in [0.3, 0.4) is 0 Å². The highest BCUT2D eigenvalue weighted by Gasteiger charge is 2.34. The fraction of sp³-hybridized carbons (Fsp3) is 0.476. The molecule has 148 valence electrons. The number of methoxy groups -OCH3 is 3. The lowest BCUT2D eigenvalue weighted by Gasteiger charge is -2.18. The summed E-state index contributed by atoms with van der Waals surface area (Å²) in [6.45, 7) is 0.849. The molecule has 0 saturated heterocycles. The Morgan fingerprint density at radius 3 is 2.43 bits per heavy atom. The molecule has 4 rings (SSSR count). The highest BCUT2D eigenvalue weighted by molar-refractivity contribution is 5.68. The molecule has 1 fully saturated rings. The Hall–Kier alpha value is -2.83. The van der Waals surface area contributed by atoms with Crippen LogP contribution < -0.4 is 19.5 Å². The molecule has 1 N–H and O–H groups in total. The molecule has 2 aromatic rings. The van der Waals surface area contributed by atoms with Crippen molar-refractivity contribution in [2.75, 3.05) is 33.2 Å². The first-order chi connectivity index (χ1) is 13.7. The molecule has 1 aromatic heterocycles. The molecule has 0 spiro atoms. The number of nitrogens with one attached hydrogen (secondary N) is 1. The third-order valence-corrected chi connectivity index (χ3v) is 5.73. The summed E-state index contributed by atoms with van der Waals surface area (Å²) in [5.41, 5.74) is 1.52. The smallest absolute Gasteiger partial charge is 0.243 e. The van der Waals surface area contributed by atoms with Crippen LogP contribution in [0.25, 0.3) is 11.3 Å². The van der Waals surface area contributed by atoms with E-state index in [1.54, 1.807) is 27.5 Å². The van der Waals surface area contributed by atoms with Gasteiger partial charge in [0, 0.05) is 12.1 Å². The zero-order valence-electron chi connectivity index (χ0n) is 16.5. The van der Waals surface area contributed by atoms with Gasteiger partial charge in [-0.1, -0.05) is 12.2 Å². The fourth-order valence-electron chi connectivity index (χ4n) is 4.34. The quantitative estimate of drug-likeness (QED) is 0.699. The predicted molar refractivity (Wildman–Crippen MR) is 107 cm³/mol. The predicted octanol–water partition coefficient (Wildman–Crippen LogP) is 3.58. The maximum atomic E-state index is 5.43. The number of hydrogen-bond acceptors (Lipinski definition) is 7. The number of nitrogens with zero attached hydrogens (tertiary/aromatic N) is 3. The van der Waals surface area contributed by atoms with Gasteiger partial charge in [-0.15, -0.1) is 5.10 Å². The van der Waals surface area contributed by atoms with E-state index in [0.717, 1.165) is 36.3 Å². The van der Waals surface area contributed by atoms with Crippen molar-refractivity contribution in [3.8, 4) is 28.5 Å². The van der Waals surface area contributed by atoms with Gasteiger partial charge in [-0.2, -0.15) is 5.10 Å². The summed E-state index contributed by atoms with van der Waals surface area (Å²) in [6.07, 6.45) is 10.2. The van der Waals surface area contributed by atoms with Gasteiger partial charge in [-0.25, -0.2) is 4.98 Å². The molecule has 7 heteroatoms. The largest absolute Gasteiger partial charge is 0.493 e. The fourth-order valence-corrected chi connectivity index (χ4v) is 4.34.